The second kappa shape index (κ2) is 6.19. The van der Waals surface area contributed by atoms with Crippen LogP contribution in [0.5, 0.6) is 0 Å². The van der Waals surface area contributed by atoms with E-state index in [4.69, 9.17) is 10.2 Å². The number of urea groups is 1. The number of nitrogens with one attached hydrogen (secondary N) is 1. The van der Waals surface area contributed by atoms with Gasteiger partial charge in [-0.1, -0.05) is 0 Å². The molecule has 0 aliphatic heterocycles. The molecular formula is C13H18N2O4. The molecule has 0 aromatic heterocycles. The topological polar surface area (TPSA) is 89.9 Å². The molecule has 1 atom stereocenters. The third kappa shape index (κ3) is 3.69. The Bertz CT molecular complexity index is 488. The van der Waals surface area contributed by atoms with E-state index in [2.05, 4.69) is 5.32 Å². The summed E-state index contributed by atoms with van der Waals surface area (Å²) in [6.45, 7) is 3.32. The van der Waals surface area contributed by atoms with Crippen molar-refractivity contribution in [1.82, 2.24) is 4.90 Å². The zero-order valence-electron chi connectivity index (χ0n) is 11.2. The number of likely N-dealkylation sites (N-methyl/N-ethyl adjacent to an activating group) is 1. The first-order valence-electron chi connectivity index (χ1n) is 5.85. The van der Waals surface area contributed by atoms with Crippen LogP contribution in [0, 0.1) is 6.92 Å². The molecule has 0 radical (unpaired) electrons. The van der Waals surface area contributed by atoms with E-state index in [1.807, 2.05) is 0 Å². The smallest absolute Gasteiger partial charge is 0.335 e. The van der Waals surface area contributed by atoms with Crippen LogP contribution < -0.4 is 5.32 Å². The highest BCUT2D eigenvalue weighted by Gasteiger charge is 2.16. The molecule has 104 valence electrons. The Hall–Kier alpha value is -2.08. The van der Waals surface area contributed by atoms with Gasteiger partial charge in [0.25, 0.3) is 0 Å². The highest BCUT2D eigenvalue weighted by atomic mass is 16.4. The van der Waals surface area contributed by atoms with Crippen molar-refractivity contribution in [3.05, 3.63) is 29.3 Å². The van der Waals surface area contributed by atoms with Crippen LogP contribution in [0.4, 0.5) is 10.5 Å². The number of aliphatic hydroxyl groups is 1. The number of carbonyl (C=O) groups is 2. The van der Waals surface area contributed by atoms with Crippen LogP contribution in [0.25, 0.3) is 0 Å². The predicted octanol–water partition coefficient (Wildman–Crippen LogP) is 1.54. The first-order valence-corrected chi connectivity index (χ1v) is 5.85. The Morgan fingerprint density at radius 1 is 1.42 bits per heavy atom. The highest BCUT2D eigenvalue weighted by Crippen LogP contribution is 2.17. The summed E-state index contributed by atoms with van der Waals surface area (Å²) >= 11 is 0. The molecule has 0 spiro atoms. The first-order chi connectivity index (χ1) is 8.86. The molecule has 6 heteroatoms. The van der Waals surface area contributed by atoms with Crippen LogP contribution in [0.2, 0.25) is 0 Å². The average molecular weight is 266 g/mol. The standard InChI is InChI=1S/C13H18N2O4/c1-8-6-10(12(17)18)4-5-11(8)14-13(19)15(3)9(2)7-16/h4-6,9,16H,7H2,1-3H3,(H,14,19)(H,17,18). The quantitative estimate of drug-likeness (QED) is 0.771. The largest absolute Gasteiger partial charge is 0.478 e. The Balaban J connectivity index is 2.83. The van der Waals surface area contributed by atoms with Gasteiger partial charge in [-0.25, -0.2) is 9.59 Å². The van der Waals surface area contributed by atoms with Gasteiger partial charge in [0.1, 0.15) is 0 Å². The maximum Gasteiger partial charge on any atom is 0.335 e. The Kier molecular flexibility index (Phi) is 4.88. The minimum atomic E-state index is -1.01. The van der Waals surface area contributed by atoms with Crippen molar-refractivity contribution in [3.63, 3.8) is 0 Å². The number of amides is 2. The molecule has 0 bridgehead atoms. The summed E-state index contributed by atoms with van der Waals surface area (Å²) in [5, 5.41) is 20.5. The number of carbonyl (C=O) groups excluding carboxylic acids is 1. The second-order valence-electron chi connectivity index (χ2n) is 4.41. The van der Waals surface area contributed by atoms with Gasteiger partial charge in [0.05, 0.1) is 18.2 Å². The number of rotatable bonds is 4. The van der Waals surface area contributed by atoms with Crippen molar-refractivity contribution in [2.24, 2.45) is 0 Å². The molecule has 3 N–H and O–H groups in total. The van der Waals surface area contributed by atoms with Gasteiger partial charge in [0, 0.05) is 12.7 Å². The number of carboxylic acids is 1. The molecule has 0 aliphatic rings. The van der Waals surface area contributed by atoms with Crippen LogP contribution in [-0.2, 0) is 0 Å². The highest BCUT2D eigenvalue weighted by molar-refractivity contribution is 5.92. The molecule has 1 unspecified atom stereocenters. The maximum atomic E-state index is 11.9. The number of anilines is 1. The van der Waals surface area contributed by atoms with Gasteiger partial charge in [-0.2, -0.15) is 0 Å². The van der Waals surface area contributed by atoms with Gasteiger partial charge in [-0.05, 0) is 37.6 Å². The minimum Gasteiger partial charge on any atom is -0.478 e. The van der Waals surface area contributed by atoms with Gasteiger partial charge in [0.2, 0.25) is 0 Å². The van der Waals surface area contributed by atoms with E-state index in [0.29, 0.717) is 11.3 Å². The van der Waals surface area contributed by atoms with Crippen molar-refractivity contribution in [3.8, 4) is 0 Å². The number of aromatic carboxylic acids is 1. The van der Waals surface area contributed by atoms with Crippen LogP contribution in [0.3, 0.4) is 0 Å². The zero-order chi connectivity index (χ0) is 14.6. The molecular weight excluding hydrogens is 248 g/mol. The van der Waals surface area contributed by atoms with Gasteiger partial charge in [-0.15, -0.1) is 0 Å². The van der Waals surface area contributed by atoms with Crippen molar-refractivity contribution in [2.45, 2.75) is 19.9 Å². The fourth-order valence-corrected chi connectivity index (χ4v) is 1.46. The van der Waals surface area contributed by atoms with Gasteiger partial charge in [0.15, 0.2) is 0 Å². The number of nitrogens with zero attached hydrogens (tertiary/aromatic N) is 1. The van der Waals surface area contributed by atoms with Crippen LogP contribution in [-0.4, -0.2) is 46.8 Å². The van der Waals surface area contributed by atoms with Crippen molar-refractivity contribution in [1.29, 1.82) is 0 Å². The summed E-state index contributed by atoms with van der Waals surface area (Å²) in [6, 6.07) is 3.83. The molecule has 1 aromatic rings. The Labute approximate surface area is 111 Å². The summed E-state index contributed by atoms with van der Waals surface area (Å²) in [7, 11) is 1.58. The fourth-order valence-electron chi connectivity index (χ4n) is 1.46. The van der Waals surface area contributed by atoms with E-state index in [1.165, 1.54) is 17.0 Å². The van der Waals surface area contributed by atoms with E-state index in [1.54, 1.807) is 27.0 Å². The predicted molar refractivity (Wildman–Crippen MR) is 71.5 cm³/mol. The third-order valence-electron chi connectivity index (χ3n) is 2.96. The van der Waals surface area contributed by atoms with Gasteiger partial charge < -0.3 is 20.4 Å². The summed E-state index contributed by atoms with van der Waals surface area (Å²) in [5.74, 6) is -1.01. The SMILES string of the molecule is Cc1cc(C(=O)O)ccc1NC(=O)N(C)C(C)CO. The normalized spacial score (nSPS) is 11.8. The number of benzene rings is 1. The number of hydrogen-bond acceptors (Lipinski definition) is 3. The number of aryl methyl sites for hydroxylation is 1. The fraction of sp³-hybridized carbons (Fsp3) is 0.385. The molecule has 1 rings (SSSR count). The van der Waals surface area contributed by atoms with Gasteiger partial charge in [-0.3, -0.25) is 0 Å². The molecule has 6 nitrogen and oxygen atoms in total. The van der Waals surface area contributed by atoms with Crippen molar-refractivity contribution in [2.75, 3.05) is 19.0 Å². The van der Waals surface area contributed by atoms with E-state index >= 15 is 0 Å². The summed E-state index contributed by atoms with van der Waals surface area (Å²) in [4.78, 5) is 24.1. The monoisotopic (exact) mass is 266 g/mol. The van der Waals surface area contributed by atoms with Gasteiger partial charge >= 0.3 is 12.0 Å². The third-order valence-corrected chi connectivity index (χ3v) is 2.96. The lowest BCUT2D eigenvalue weighted by Gasteiger charge is -2.23. The Morgan fingerprint density at radius 3 is 2.53 bits per heavy atom. The van der Waals surface area contributed by atoms with E-state index in [9.17, 15) is 9.59 Å². The lowest BCUT2D eigenvalue weighted by molar-refractivity contribution is 0.0697. The summed E-state index contributed by atoms with van der Waals surface area (Å²) in [6.07, 6.45) is 0. The van der Waals surface area contributed by atoms with E-state index in [0.717, 1.165) is 0 Å². The Morgan fingerprint density at radius 2 is 2.05 bits per heavy atom. The number of carboxylic acid groups (broad SMARTS) is 1. The lowest BCUT2D eigenvalue weighted by Crippen LogP contribution is -2.40. The molecule has 0 saturated carbocycles. The number of aliphatic hydroxyl groups excluding tert-OH is 1. The summed E-state index contributed by atoms with van der Waals surface area (Å²) < 4.78 is 0. The van der Waals surface area contributed by atoms with Crippen LogP contribution in [0.1, 0.15) is 22.8 Å². The zero-order valence-corrected chi connectivity index (χ0v) is 11.2. The molecule has 2 amide bonds. The van der Waals surface area contributed by atoms with E-state index < -0.39 is 5.97 Å². The lowest BCUT2D eigenvalue weighted by atomic mass is 10.1. The maximum absolute atomic E-state index is 11.9. The molecule has 0 heterocycles. The first kappa shape index (κ1) is 15.0. The molecule has 0 aliphatic carbocycles. The minimum absolute atomic E-state index is 0.124. The number of hydrogen-bond donors (Lipinski definition) is 3. The second-order valence-corrected chi connectivity index (χ2v) is 4.41. The molecule has 0 fully saturated rings. The average Bonchev–Trinajstić information content (AvgIpc) is 2.38. The van der Waals surface area contributed by atoms with Crippen LogP contribution in [0.15, 0.2) is 18.2 Å². The molecule has 1 aromatic carbocycles. The molecule has 0 saturated heterocycles. The van der Waals surface area contributed by atoms with E-state index in [-0.39, 0.29) is 24.2 Å². The van der Waals surface area contributed by atoms with Crippen LogP contribution >= 0.6 is 0 Å². The molecule has 19 heavy (non-hydrogen) atoms. The van der Waals surface area contributed by atoms with Crippen molar-refractivity contribution < 1.29 is 19.8 Å². The summed E-state index contributed by atoms with van der Waals surface area (Å²) in [5.41, 5.74) is 1.39. The van der Waals surface area contributed by atoms with Crippen molar-refractivity contribution >= 4 is 17.7 Å².